The Morgan fingerprint density at radius 3 is 2.75 bits per heavy atom. The Bertz CT molecular complexity index is 806. The smallest absolute Gasteiger partial charge is 0.337 e. The first-order chi connectivity index (χ1) is 11.5. The van der Waals surface area contributed by atoms with Crippen molar-refractivity contribution in [3.8, 4) is 11.3 Å². The van der Waals surface area contributed by atoms with Crippen molar-refractivity contribution in [2.75, 3.05) is 6.54 Å². The zero-order valence-corrected chi connectivity index (χ0v) is 13.6. The summed E-state index contributed by atoms with van der Waals surface area (Å²) in [6.07, 6.45) is 4.69. The van der Waals surface area contributed by atoms with Crippen LogP contribution in [0.1, 0.15) is 47.7 Å². The van der Waals surface area contributed by atoms with E-state index < -0.39 is 5.97 Å². The molecule has 1 saturated heterocycles. The largest absolute Gasteiger partial charge is 0.478 e. The van der Waals surface area contributed by atoms with Gasteiger partial charge in [-0.1, -0.05) is 0 Å². The number of carbonyl (C=O) groups is 2. The standard InChI is InChI=1S/C17H18N4O3/c1-10-19-14(12-6-13(17(23)24)9-18-8-12)7-15(20-10)16-4-3-5-21(16)11(2)22/h6-9,16H,3-5H2,1-2H3,(H,23,24)/t16-/m1/s1. The molecule has 2 aromatic rings. The third kappa shape index (κ3) is 3.10. The van der Waals surface area contributed by atoms with Crippen LogP contribution in [-0.2, 0) is 4.79 Å². The van der Waals surface area contributed by atoms with Gasteiger partial charge in [-0.15, -0.1) is 0 Å². The second kappa shape index (κ2) is 6.35. The predicted molar refractivity (Wildman–Crippen MR) is 86.3 cm³/mol. The first-order valence-electron chi connectivity index (χ1n) is 7.77. The van der Waals surface area contributed by atoms with Gasteiger partial charge >= 0.3 is 5.97 Å². The molecule has 2 aromatic heterocycles. The number of amides is 1. The molecule has 1 fully saturated rings. The summed E-state index contributed by atoms with van der Waals surface area (Å²) >= 11 is 0. The normalized spacial score (nSPS) is 17.1. The van der Waals surface area contributed by atoms with Gasteiger partial charge in [0, 0.05) is 31.4 Å². The summed E-state index contributed by atoms with van der Waals surface area (Å²) in [7, 11) is 0. The van der Waals surface area contributed by atoms with Crippen LogP contribution in [0.2, 0.25) is 0 Å². The monoisotopic (exact) mass is 326 g/mol. The van der Waals surface area contributed by atoms with E-state index in [4.69, 9.17) is 5.11 Å². The number of hydrogen-bond donors (Lipinski definition) is 1. The fourth-order valence-electron chi connectivity index (χ4n) is 3.06. The summed E-state index contributed by atoms with van der Waals surface area (Å²) in [5, 5.41) is 9.12. The van der Waals surface area contributed by atoms with Crippen molar-refractivity contribution >= 4 is 11.9 Å². The quantitative estimate of drug-likeness (QED) is 0.929. The van der Waals surface area contributed by atoms with Gasteiger partial charge in [-0.3, -0.25) is 9.78 Å². The van der Waals surface area contributed by atoms with E-state index in [1.807, 2.05) is 11.0 Å². The maximum Gasteiger partial charge on any atom is 0.337 e. The number of likely N-dealkylation sites (tertiary alicyclic amines) is 1. The molecule has 1 aliphatic rings. The lowest BCUT2D eigenvalue weighted by Crippen LogP contribution is -2.28. The second-order valence-electron chi connectivity index (χ2n) is 5.86. The number of aryl methyl sites for hydroxylation is 1. The highest BCUT2D eigenvalue weighted by Gasteiger charge is 2.29. The fourth-order valence-corrected chi connectivity index (χ4v) is 3.06. The molecule has 7 heteroatoms. The Labute approximate surface area is 139 Å². The average Bonchev–Trinajstić information content (AvgIpc) is 3.04. The molecule has 0 aromatic carbocycles. The molecule has 0 spiro atoms. The first kappa shape index (κ1) is 16.0. The van der Waals surface area contributed by atoms with E-state index in [-0.39, 0.29) is 17.5 Å². The number of aromatic nitrogens is 3. The van der Waals surface area contributed by atoms with Crippen LogP contribution in [0.3, 0.4) is 0 Å². The van der Waals surface area contributed by atoms with E-state index in [9.17, 15) is 9.59 Å². The van der Waals surface area contributed by atoms with Crippen molar-refractivity contribution in [2.24, 2.45) is 0 Å². The molecule has 3 rings (SSSR count). The molecule has 1 atom stereocenters. The Morgan fingerprint density at radius 1 is 1.25 bits per heavy atom. The SMILES string of the molecule is CC(=O)N1CCC[C@@H]1c1cc(-c2cncc(C(=O)O)c2)nc(C)n1. The molecule has 0 radical (unpaired) electrons. The molecule has 3 heterocycles. The third-order valence-corrected chi connectivity index (χ3v) is 4.14. The van der Waals surface area contributed by atoms with Gasteiger partial charge in [-0.25, -0.2) is 14.8 Å². The van der Waals surface area contributed by atoms with Gasteiger partial charge in [-0.2, -0.15) is 0 Å². The van der Waals surface area contributed by atoms with Gasteiger partial charge in [0.05, 0.1) is 23.0 Å². The maximum atomic E-state index is 11.8. The van der Waals surface area contributed by atoms with E-state index in [2.05, 4.69) is 15.0 Å². The Balaban J connectivity index is 2.02. The molecule has 7 nitrogen and oxygen atoms in total. The van der Waals surface area contributed by atoms with Crippen molar-refractivity contribution in [3.63, 3.8) is 0 Å². The van der Waals surface area contributed by atoms with Crippen molar-refractivity contribution in [1.82, 2.24) is 19.9 Å². The molecule has 1 amide bonds. The van der Waals surface area contributed by atoms with Gasteiger partial charge in [0.2, 0.25) is 5.91 Å². The van der Waals surface area contributed by atoms with Crippen molar-refractivity contribution in [2.45, 2.75) is 32.7 Å². The molecular weight excluding hydrogens is 308 g/mol. The molecule has 0 aliphatic carbocycles. The summed E-state index contributed by atoms with van der Waals surface area (Å²) in [6, 6.07) is 3.30. The zero-order valence-electron chi connectivity index (χ0n) is 13.6. The molecule has 0 saturated carbocycles. The van der Waals surface area contributed by atoms with E-state index >= 15 is 0 Å². The van der Waals surface area contributed by atoms with Crippen LogP contribution < -0.4 is 0 Å². The van der Waals surface area contributed by atoms with Gasteiger partial charge in [0.1, 0.15) is 5.82 Å². The predicted octanol–water partition coefficient (Wildman–Crippen LogP) is 2.23. The second-order valence-corrected chi connectivity index (χ2v) is 5.86. The molecular formula is C17H18N4O3. The Kier molecular flexibility index (Phi) is 4.24. The Morgan fingerprint density at radius 2 is 2.04 bits per heavy atom. The van der Waals surface area contributed by atoms with E-state index in [0.29, 0.717) is 17.1 Å². The van der Waals surface area contributed by atoms with Crippen LogP contribution >= 0.6 is 0 Å². The highest BCUT2D eigenvalue weighted by Crippen LogP contribution is 2.32. The number of carbonyl (C=O) groups excluding carboxylic acids is 1. The Hall–Kier alpha value is -2.83. The summed E-state index contributed by atoms with van der Waals surface area (Å²) in [4.78, 5) is 37.6. The van der Waals surface area contributed by atoms with E-state index in [1.54, 1.807) is 20.0 Å². The van der Waals surface area contributed by atoms with Crippen molar-refractivity contribution in [1.29, 1.82) is 0 Å². The topological polar surface area (TPSA) is 96.3 Å². The minimum absolute atomic E-state index is 0.0323. The lowest BCUT2D eigenvalue weighted by molar-refractivity contribution is -0.129. The van der Waals surface area contributed by atoms with Gasteiger partial charge in [0.25, 0.3) is 0 Å². The number of nitrogens with zero attached hydrogens (tertiary/aromatic N) is 4. The van der Waals surface area contributed by atoms with E-state index in [1.165, 1.54) is 12.3 Å². The minimum Gasteiger partial charge on any atom is -0.478 e. The van der Waals surface area contributed by atoms with Crippen LogP contribution in [-0.4, -0.2) is 43.4 Å². The first-order valence-corrected chi connectivity index (χ1v) is 7.77. The molecule has 24 heavy (non-hydrogen) atoms. The van der Waals surface area contributed by atoms with Crippen LogP contribution in [0, 0.1) is 6.92 Å². The molecule has 1 N–H and O–H groups in total. The summed E-state index contributed by atoms with van der Waals surface area (Å²) in [5.74, 6) is -0.419. The highest BCUT2D eigenvalue weighted by molar-refractivity contribution is 5.88. The van der Waals surface area contributed by atoms with Crippen LogP contribution in [0.15, 0.2) is 24.5 Å². The van der Waals surface area contributed by atoms with Gasteiger partial charge in [0.15, 0.2) is 0 Å². The summed E-state index contributed by atoms with van der Waals surface area (Å²) in [6.45, 7) is 4.08. The number of aromatic carboxylic acids is 1. The maximum absolute atomic E-state index is 11.8. The lowest BCUT2D eigenvalue weighted by atomic mass is 10.1. The molecule has 124 valence electrons. The zero-order chi connectivity index (χ0) is 17.3. The molecule has 1 aliphatic heterocycles. The van der Waals surface area contributed by atoms with E-state index in [0.717, 1.165) is 25.1 Å². The summed E-state index contributed by atoms with van der Waals surface area (Å²) in [5.41, 5.74) is 2.12. The third-order valence-electron chi connectivity index (χ3n) is 4.14. The lowest BCUT2D eigenvalue weighted by Gasteiger charge is -2.23. The van der Waals surface area contributed by atoms with Crippen molar-refractivity contribution < 1.29 is 14.7 Å². The number of hydrogen-bond acceptors (Lipinski definition) is 5. The highest BCUT2D eigenvalue weighted by atomic mass is 16.4. The average molecular weight is 326 g/mol. The van der Waals surface area contributed by atoms with Crippen molar-refractivity contribution in [3.05, 3.63) is 41.6 Å². The number of rotatable bonds is 3. The number of carboxylic acids is 1. The fraction of sp³-hybridized carbons (Fsp3) is 0.353. The van der Waals surface area contributed by atoms with Crippen LogP contribution in [0.5, 0.6) is 0 Å². The molecule has 0 unspecified atom stereocenters. The molecule has 0 bridgehead atoms. The number of carboxylic acid groups (broad SMARTS) is 1. The van der Waals surface area contributed by atoms with Crippen LogP contribution in [0.4, 0.5) is 0 Å². The van der Waals surface area contributed by atoms with Gasteiger partial charge < -0.3 is 10.0 Å². The van der Waals surface area contributed by atoms with Crippen LogP contribution in [0.25, 0.3) is 11.3 Å². The van der Waals surface area contributed by atoms with Gasteiger partial charge in [-0.05, 0) is 31.9 Å². The minimum atomic E-state index is -1.03. The number of pyridine rings is 1. The summed E-state index contributed by atoms with van der Waals surface area (Å²) < 4.78 is 0.